The maximum absolute atomic E-state index is 12.3. The SMILES string of the molecule is Cn1cnc2c(-c3ccccc3)cn(CC(=O)O)c2c1=O. The van der Waals surface area contributed by atoms with Crippen molar-refractivity contribution in [2.45, 2.75) is 6.54 Å². The van der Waals surface area contributed by atoms with Crippen LogP contribution < -0.4 is 5.56 Å². The van der Waals surface area contributed by atoms with Crippen LogP contribution in [0.5, 0.6) is 0 Å². The summed E-state index contributed by atoms with van der Waals surface area (Å²) in [7, 11) is 1.59. The number of aliphatic carboxylic acids is 1. The van der Waals surface area contributed by atoms with Crippen LogP contribution in [0.4, 0.5) is 0 Å². The molecule has 0 saturated carbocycles. The molecule has 1 aromatic carbocycles. The van der Waals surface area contributed by atoms with Crippen LogP contribution in [0, 0.1) is 0 Å². The van der Waals surface area contributed by atoms with Crippen LogP contribution in [0.3, 0.4) is 0 Å². The highest BCUT2D eigenvalue weighted by Crippen LogP contribution is 2.27. The second kappa shape index (κ2) is 4.90. The van der Waals surface area contributed by atoms with Crippen LogP contribution in [-0.2, 0) is 18.4 Å². The summed E-state index contributed by atoms with van der Waals surface area (Å²) in [6.45, 7) is -0.274. The molecule has 6 heteroatoms. The van der Waals surface area contributed by atoms with Crippen molar-refractivity contribution in [1.82, 2.24) is 14.1 Å². The van der Waals surface area contributed by atoms with Crippen LogP contribution in [0.15, 0.2) is 47.7 Å². The fraction of sp³-hybridized carbons (Fsp3) is 0.133. The number of aromatic nitrogens is 3. The molecule has 2 heterocycles. The molecule has 0 spiro atoms. The molecule has 6 nitrogen and oxygen atoms in total. The van der Waals surface area contributed by atoms with Crippen LogP contribution in [0.1, 0.15) is 0 Å². The molecular formula is C15H13N3O3. The van der Waals surface area contributed by atoms with Gasteiger partial charge in [-0.1, -0.05) is 30.3 Å². The quantitative estimate of drug-likeness (QED) is 0.790. The van der Waals surface area contributed by atoms with E-state index in [0.29, 0.717) is 11.0 Å². The Balaban J connectivity index is 2.35. The predicted molar refractivity (Wildman–Crippen MR) is 78.0 cm³/mol. The zero-order chi connectivity index (χ0) is 15.0. The van der Waals surface area contributed by atoms with Crippen molar-refractivity contribution in [3.05, 3.63) is 53.2 Å². The monoisotopic (exact) mass is 283 g/mol. The summed E-state index contributed by atoms with van der Waals surface area (Å²) in [5, 5.41) is 9.02. The minimum absolute atomic E-state index is 0.261. The van der Waals surface area contributed by atoms with Gasteiger partial charge < -0.3 is 14.2 Å². The number of aryl methyl sites for hydroxylation is 1. The number of hydrogen-bond donors (Lipinski definition) is 1. The van der Waals surface area contributed by atoms with Crippen molar-refractivity contribution in [2.24, 2.45) is 7.05 Å². The highest BCUT2D eigenvalue weighted by Gasteiger charge is 2.16. The Morgan fingerprint density at radius 2 is 2.00 bits per heavy atom. The van der Waals surface area contributed by atoms with Gasteiger partial charge in [0.1, 0.15) is 17.6 Å². The fourth-order valence-electron chi connectivity index (χ4n) is 2.36. The number of carboxylic acids is 1. The number of carboxylic acid groups (broad SMARTS) is 1. The average Bonchev–Trinajstić information content (AvgIpc) is 2.82. The van der Waals surface area contributed by atoms with Gasteiger partial charge in [0.25, 0.3) is 5.56 Å². The topological polar surface area (TPSA) is 77.1 Å². The lowest BCUT2D eigenvalue weighted by Crippen LogP contribution is -2.20. The Kier molecular flexibility index (Phi) is 3.06. The van der Waals surface area contributed by atoms with E-state index >= 15 is 0 Å². The molecule has 0 atom stereocenters. The molecule has 21 heavy (non-hydrogen) atoms. The van der Waals surface area contributed by atoms with E-state index in [9.17, 15) is 9.59 Å². The number of benzene rings is 1. The van der Waals surface area contributed by atoms with Gasteiger partial charge in [0.15, 0.2) is 0 Å². The number of hydrogen-bond acceptors (Lipinski definition) is 3. The molecule has 3 rings (SSSR count). The van der Waals surface area contributed by atoms with Gasteiger partial charge in [0, 0.05) is 18.8 Å². The first kappa shape index (κ1) is 13.1. The molecule has 0 radical (unpaired) electrons. The molecule has 1 N–H and O–H groups in total. The lowest BCUT2D eigenvalue weighted by Gasteiger charge is -2.01. The fourth-order valence-corrected chi connectivity index (χ4v) is 2.36. The van der Waals surface area contributed by atoms with Crippen molar-refractivity contribution in [1.29, 1.82) is 0 Å². The predicted octanol–water partition coefficient (Wildman–Crippen LogP) is 1.49. The first-order valence-corrected chi connectivity index (χ1v) is 6.39. The summed E-state index contributed by atoms with van der Waals surface area (Å²) in [6.07, 6.45) is 3.12. The van der Waals surface area contributed by atoms with E-state index in [4.69, 9.17) is 5.11 Å². The summed E-state index contributed by atoms with van der Waals surface area (Å²) in [6, 6.07) is 9.47. The van der Waals surface area contributed by atoms with E-state index < -0.39 is 5.97 Å². The molecule has 2 aromatic heterocycles. The van der Waals surface area contributed by atoms with Crippen LogP contribution >= 0.6 is 0 Å². The molecular weight excluding hydrogens is 270 g/mol. The van der Waals surface area contributed by atoms with E-state index in [0.717, 1.165) is 11.1 Å². The highest BCUT2D eigenvalue weighted by atomic mass is 16.4. The first-order chi connectivity index (χ1) is 10.1. The van der Waals surface area contributed by atoms with Crippen molar-refractivity contribution in [2.75, 3.05) is 0 Å². The van der Waals surface area contributed by atoms with Gasteiger partial charge in [-0.05, 0) is 5.56 Å². The Morgan fingerprint density at radius 1 is 1.29 bits per heavy atom. The molecule has 0 saturated heterocycles. The van der Waals surface area contributed by atoms with Crippen LogP contribution in [0.25, 0.3) is 22.2 Å². The molecule has 0 aliphatic rings. The zero-order valence-electron chi connectivity index (χ0n) is 11.4. The zero-order valence-corrected chi connectivity index (χ0v) is 11.4. The Hall–Kier alpha value is -2.89. The molecule has 0 aliphatic carbocycles. The van der Waals surface area contributed by atoms with E-state index in [1.165, 1.54) is 15.5 Å². The largest absolute Gasteiger partial charge is 0.480 e. The van der Waals surface area contributed by atoms with Crippen LogP contribution in [-0.4, -0.2) is 25.2 Å². The standard InChI is InChI=1S/C15H13N3O3/c1-17-9-16-13-11(10-5-3-2-4-6-10)7-18(8-12(19)20)14(13)15(17)21/h2-7,9H,8H2,1H3,(H,19,20). The van der Waals surface area contributed by atoms with Gasteiger partial charge in [0.05, 0.1) is 6.33 Å². The number of fused-ring (bicyclic) bond motifs is 1. The highest BCUT2D eigenvalue weighted by molar-refractivity contribution is 5.93. The number of nitrogens with zero attached hydrogens (tertiary/aromatic N) is 3. The van der Waals surface area contributed by atoms with Gasteiger partial charge in [0.2, 0.25) is 0 Å². The summed E-state index contributed by atoms with van der Waals surface area (Å²) in [5.74, 6) is -1.00. The van der Waals surface area contributed by atoms with Crippen molar-refractivity contribution in [3.8, 4) is 11.1 Å². The average molecular weight is 283 g/mol. The summed E-state index contributed by atoms with van der Waals surface area (Å²) < 4.78 is 2.78. The third kappa shape index (κ3) is 2.20. The molecule has 106 valence electrons. The number of rotatable bonds is 3. The minimum Gasteiger partial charge on any atom is -0.480 e. The summed E-state index contributed by atoms with van der Waals surface area (Å²) in [5.41, 5.74) is 2.21. The number of carbonyl (C=O) groups is 1. The van der Waals surface area contributed by atoms with Crippen LogP contribution in [0.2, 0.25) is 0 Å². The van der Waals surface area contributed by atoms with Crippen molar-refractivity contribution < 1.29 is 9.90 Å². The molecule has 3 aromatic rings. The van der Waals surface area contributed by atoms with Gasteiger partial charge in [-0.25, -0.2) is 4.98 Å². The van der Waals surface area contributed by atoms with E-state index in [2.05, 4.69) is 4.98 Å². The van der Waals surface area contributed by atoms with E-state index in [1.54, 1.807) is 13.2 Å². The third-order valence-electron chi connectivity index (χ3n) is 3.32. The minimum atomic E-state index is -1.00. The lowest BCUT2D eigenvalue weighted by molar-refractivity contribution is -0.137. The second-order valence-electron chi connectivity index (χ2n) is 4.79. The molecule has 0 aliphatic heterocycles. The smallest absolute Gasteiger partial charge is 0.323 e. The van der Waals surface area contributed by atoms with Gasteiger partial charge in [-0.2, -0.15) is 0 Å². The molecule has 0 amide bonds. The summed E-state index contributed by atoms with van der Waals surface area (Å²) in [4.78, 5) is 27.6. The van der Waals surface area contributed by atoms with Gasteiger partial charge in [-0.15, -0.1) is 0 Å². The maximum Gasteiger partial charge on any atom is 0.323 e. The van der Waals surface area contributed by atoms with E-state index in [-0.39, 0.29) is 12.1 Å². The lowest BCUT2D eigenvalue weighted by atomic mass is 10.1. The van der Waals surface area contributed by atoms with E-state index in [1.807, 2.05) is 30.3 Å². The first-order valence-electron chi connectivity index (χ1n) is 6.39. The Labute approximate surface area is 119 Å². The Bertz CT molecular complexity index is 878. The molecule has 0 bridgehead atoms. The van der Waals surface area contributed by atoms with Gasteiger partial charge >= 0.3 is 5.97 Å². The maximum atomic E-state index is 12.3. The third-order valence-corrected chi connectivity index (χ3v) is 3.32. The van der Waals surface area contributed by atoms with Crippen molar-refractivity contribution in [3.63, 3.8) is 0 Å². The van der Waals surface area contributed by atoms with Gasteiger partial charge in [-0.3, -0.25) is 9.59 Å². The molecule has 0 unspecified atom stereocenters. The van der Waals surface area contributed by atoms with Crippen molar-refractivity contribution >= 4 is 17.0 Å². The Morgan fingerprint density at radius 3 is 2.67 bits per heavy atom. The summed E-state index contributed by atoms with van der Waals surface area (Å²) >= 11 is 0. The second-order valence-corrected chi connectivity index (χ2v) is 4.79. The molecule has 0 fully saturated rings. The normalized spacial score (nSPS) is 10.9.